The molecule has 1 heterocycles. The van der Waals surface area contributed by atoms with Crippen LogP contribution in [0.25, 0.3) is 0 Å². The molecule has 0 aromatic heterocycles. The molecule has 0 unspecified atom stereocenters. The molecule has 1 N–H and O–H groups in total. The molecule has 1 aliphatic rings. The standard InChI is InChI=1S/C27H38N4O3/c1-20(2)30-16-14-21(15-17-30)18-28-26(32)19-31(25-9-7-6-8-24(25)29(3)4)27(33)22-10-12-23(34-5)13-11-22/h6-13,20-21H,14-19H2,1-5H3,(H,28,32). The lowest BCUT2D eigenvalue weighted by Gasteiger charge is -2.34. The van der Waals surface area contributed by atoms with Gasteiger partial charge in [-0.1, -0.05) is 12.1 Å². The van der Waals surface area contributed by atoms with Crippen LogP contribution < -0.4 is 19.9 Å². The van der Waals surface area contributed by atoms with Crippen molar-refractivity contribution in [3.05, 3.63) is 54.1 Å². The van der Waals surface area contributed by atoms with Crippen LogP contribution in [0.15, 0.2) is 48.5 Å². The number of hydrogen-bond donors (Lipinski definition) is 1. The Morgan fingerprint density at radius 2 is 1.65 bits per heavy atom. The molecule has 2 aromatic carbocycles. The zero-order valence-corrected chi connectivity index (χ0v) is 21.1. The number of methoxy groups -OCH3 is 1. The molecule has 1 aliphatic heterocycles. The quantitative estimate of drug-likeness (QED) is 0.611. The minimum absolute atomic E-state index is 0.0411. The van der Waals surface area contributed by atoms with Gasteiger partial charge in [0.05, 0.1) is 18.5 Å². The molecule has 7 nitrogen and oxygen atoms in total. The van der Waals surface area contributed by atoms with E-state index in [4.69, 9.17) is 4.74 Å². The van der Waals surface area contributed by atoms with Gasteiger partial charge >= 0.3 is 0 Å². The van der Waals surface area contributed by atoms with Gasteiger partial charge in [-0.3, -0.25) is 14.5 Å². The molecular weight excluding hydrogens is 428 g/mol. The van der Waals surface area contributed by atoms with Crippen LogP contribution in [0.4, 0.5) is 11.4 Å². The van der Waals surface area contributed by atoms with E-state index in [0.29, 0.717) is 35.5 Å². The van der Waals surface area contributed by atoms with E-state index in [1.54, 1.807) is 36.3 Å². The third kappa shape index (κ3) is 6.50. The second-order valence-electron chi connectivity index (χ2n) is 9.38. The normalized spacial score (nSPS) is 14.6. The first-order chi connectivity index (χ1) is 16.3. The van der Waals surface area contributed by atoms with E-state index in [9.17, 15) is 9.59 Å². The third-order valence-corrected chi connectivity index (χ3v) is 6.51. The predicted molar refractivity (Wildman–Crippen MR) is 138 cm³/mol. The fraction of sp³-hybridized carbons (Fsp3) is 0.481. The smallest absolute Gasteiger partial charge is 0.258 e. The van der Waals surface area contributed by atoms with E-state index in [2.05, 4.69) is 24.1 Å². The maximum absolute atomic E-state index is 13.5. The molecule has 0 saturated carbocycles. The van der Waals surface area contributed by atoms with Crippen molar-refractivity contribution in [1.29, 1.82) is 0 Å². The number of para-hydroxylation sites is 2. The number of anilines is 2. The molecule has 0 radical (unpaired) electrons. The van der Waals surface area contributed by atoms with Gasteiger partial charge in [-0.15, -0.1) is 0 Å². The molecule has 0 atom stereocenters. The lowest BCUT2D eigenvalue weighted by atomic mass is 9.96. The molecule has 0 bridgehead atoms. The van der Waals surface area contributed by atoms with Crippen molar-refractivity contribution in [3.63, 3.8) is 0 Å². The van der Waals surface area contributed by atoms with Crippen LogP contribution in [0.5, 0.6) is 5.75 Å². The van der Waals surface area contributed by atoms with E-state index in [1.165, 1.54) is 0 Å². The minimum atomic E-state index is -0.225. The fourth-order valence-corrected chi connectivity index (χ4v) is 4.36. The highest BCUT2D eigenvalue weighted by Gasteiger charge is 2.25. The first-order valence-electron chi connectivity index (χ1n) is 12.0. The average molecular weight is 467 g/mol. The zero-order chi connectivity index (χ0) is 24.7. The second kappa shape index (κ2) is 11.9. The molecule has 2 aromatic rings. The molecule has 2 amide bonds. The summed E-state index contributed by atoms with van der Waals surface area (Å²) < 4.78 is 5.22. The summed E-state index contributed by atoms with van der Waals surface area (Å²) in [6.45, 7) is 7.18. The van der Waals surface area contributed by atoms with E-state index in [-0.39, 0.29) is 18.4 Å². The van der Waals surface area contributed by atoms with Gasteiger partial charge < -0.3 is 19.9 Å². The molecule has 3 rings (SSSR count). The number of nitrogens with one attached hydrogen (secondary N) is 1. The summed E-state index contributed by atoms with van der Waals surface area (Å²) in [6, 6.07) is 15.2. The molecular formula is C27H38N4O3. The monoisotopic (exact) mass is 466 g/mol. The summed E-state index contributed by atoms with van der Waals surface area (Å²) in [6.07, 6.45) is 2.16. The Kier molecular flexibility index (Phi) is 8.93. The molecule has 1 fully saturated rings. The van der Waals surface area contributed by atoms with Gasteiger partial charge in [0.15, 0.2) is 0 Å². The Morgan fingerprint density at radius 1 is 1.03 bits per heavy atom. The number of ether oxygens (including phenoxy) is 1. The van der Waals surface area contributed by atoms with Gasteiger partial charge in [-0.2, -0.15) is 0 Å². The highest BCUT2D eigenvalue weighted by Crippen LogP contribution is 2.29. The summed E-state index contributed by atoms with van der Waals surface area (Å²) in [5, 5.41) is 3.09. The van der Waals surface area contributed by atoms with Gasteiger partial charge in [0.2, 0.25) is 5.91 Å². The van der Waals surface area contributed by atoms with E-state index >= 15 is 0 Å². The van der Waals surface area contributed by atoms with Crippen molar-refractivity contribution in [2.75, 3.05) is 57.2 Å². The average Bonchev–Trinajstić information content (AvgIpc) is 2.86. The summed E-state index contributed by atoms with van der Waals surface area (Å²) >= 11 is 0. The van der Waals surface area contributed by atoms with E-state index in [0.717, 1.165) is 31.6 Å². The maximum atomic E-state index is 13.5. The number of carbonyl (C=O) groups is 2. The molecule has 184 valence electrons. The van der Waals surface area contributed by atoms with Crippen molar-refractivity contribution in [3.8, 4) is 5.75 Å². The SMILES string of the molecule is COc1ccc(C(=O)N(CC(=O)NCC2CCN(C(C)C)CC2)c2ccccc2N(C)C)cc1. The maximum Gasteiger partial charge on any atom is 0.258 e. The zero-order valence-electron chi connectivity index (χ0n) is 21.1. The number of carbonyl (C=O) groups excluding carboxylic acids is 2. The summed E-state index contributed by atoms with van der Waals surface area (Å²) in [7, 11) is 5.45. The van der Waals surface area contributed by atoms with Gasteiger partial charge in [0, 0.05) is 32.2 Å². The number of likely N-dealkylation sites (tertiary alicyclic amines) is 1. The van der Waals surface area contributed by atoms with Gasteiger partial charge in [0.25, 0.3) is 5.91 Å². The Labute approximate surface area is 203 Å². The lowest BCUT2D eigenvalue weighted by Crippen LogP contribution is -2.45. The Hall–Kier alpha value is -3.06. The van der Waals surface area contributed by atoms with Gasteiger partial charge in [-0.25, -0.2) is 0 Å². The van der Waals surface area contributed by atoms with Crippen LogP contribution in [0, 0.1) is 5.92 Å². The first kappa shape index (κ1) is 25.6. The van der Waals surface area contributed by atoms with Gasteiger partial charge in [0.1, 0.15) is 12.3 Å². The second-order valence-corrected chi connectivity index (χ2v) is 9.38. The van der Waals surface area contributed by atoms with Crippen LogP contribution in [0.3, 0.4) is 0 Å². The Balaban J connectivity index is 1.73. The topological polar surface area (TPSA) is 65.1 Å². The Morgan fingerprint density at radius 3 is 2.21 bits per heavy atom. The number of piperidine rings is 1. The summed E-state index contributed by atoms with van der Waals surface area (Å²) in [5.74, 6) is 0.774. The van der Waals surface area contributed by atoms with E-state index < -0.39 is 0 Å². The van der Waals surface area contributed by atoms with E-state index in [1.807, 2.05) is 43.3 Å². The van der Waals surface area contributed by atoms with Crippen LogP contribution >= 0.6 is 0 Å². The highest BCUT2D eigenvalue weighted by atomic mass is 16.5. The summed E-state index contributed by atoms with van der Waals surface area (Å²) in [4.78, 5) is 32.5. The molecule has 1 saturated heterocycles. The fourth-order valence-electron chi connectivity index (χ4n) is 4.36. The minimum Gasteiger partial charge on any atom is -0.497 e. The molecule has 0 aliphatic carbocycles. The van der Waals surface area contributed by atoms with Crippen LogP contribution in [-0.4, -0.2) is 70.1 Å². The Bertz CT molecular complexity index is 951. The highest BCUT2D eigenvalue weighted by molar-refractivity contribution is 6.10. The van der Waals surface area contributed by atoms with Crippen LogP contribution in [0.2, 0.25) is 0 Å². The largest absolute Gasteiger partial charge is 0.497 e. The predicted octanol–water partition coefficient (Wildman–Crippen LogP) is 3.64. The summed E-state index contributed by atoms with van der Waals surface area (Å²) in [5.41, 5.74) is 2.08. The number of nitrogens with zero attached hydrogens (tertiary/aromatic N) is 3. The van der Waals surface area contributed by atoms with Crippen molar-refractivity contribution in [2.45, 2.75) is 32.7 Å². The lowest BCUT2D eigenvalue weighted by molar-refractivity contribution is -0.120. The van der Waals surface area contributed by atoms with Crippen LogP contribution in [-0.2, 0) is 4.79 Å². The van der Waals surface area contributed by atoms with Crippen molar-refractivity contribution in [2.24, 2.45) is 5.92 Å². The number of hydrogen-bond acceptors (Lipinski definition) is 5. The van der Waals surface area contributed by atoms with Crippen LogP contribution in [0.1, 0.15) is 37.0 Å². The van der Waals surface area contributed by atoms with Crippen molar-refractivity contribution >= 4 is 23.2 Å². The molecule has 0 spiro atoms. The van der Waals surface area contributed by atoms with Crippen molar-refractivity contribution in [1.82, 2.24) is 10.2 Å². The molecule has 7 heteroatoms. The molecule has 34 heavy (non-hydrogen) atoms. The first-order valence-corrected chi connectivity index (χ1v) is 12.0. The van der Waals surface area contributed by atoms with Gasteiger partial charge in [-0.05, 0) is 82.1 Å². The number of amides is 2. The van der Waals surface area contributed by atoms with Crippen molar-refractivity contribution < 1.29 is 14.3 Å². The number of benzene rings is 2. The third-order valence-electron chi connectivity index (χ3n) is 6.51. The number of rotatable bonds is 9.